The Morgan fingerprint density at radius 3 is 2.45 bits per heavy atom. The maximum absolute atomic E-state index is 16.3. The molecule has 214 valence electrons. The van der Waals surface area contributed by atoms with Crippen molar-refractivity contribution in [2.45, 2.75) is 57.2 Å². The van der Waals surface area contributed by atoms with E-state index in [1.54, 1.807) is 18.7 Å². The van der Waals surface area contributed by atoms with Gasteiger partial charge in [0.25, 0.3) is 5.91 Å². The Morgan fingerprint density at radius 1 is 1.15 bits per heavy atom. The summed E-state index contributed by atoms with van der Waals surface area (Å²) in [6.07, 6.45) is 1.15. The minimum absolute atomic E-state index is 0.0485. The summed E-state index contributed by atoms with van der Waals surface area (Å²) in [5.74, 6) is -7.62. The number of fused-ring (bicyclic) bond motifs is 6. The number of benzene rings is 1. The molecule has 0 spiro atoms. The van der Waals surface area contributed by atoms with Crippen molar-refractivity contribution >= 4 is 17.5 Å². The van der Waals surface area contributed by atoms with E-state index in [1.165, 1.54) is 0 Å². The van der Waals surface area contributed by atoms with Crippen LogP contribution in [0.5, 0.6) is 5.75 Å². The molecule has 1 saturated heterocycles. The second kappa shape index (κ2) is 8.86. The van der Waals surface area contributed by atoms with Crippen LogP contribution in [0, 0.1) is 23.6 Å². The number of amides is 1. The molecule has 0 aromatic heterocycles. The molecule has 1 aliphatic heterocycles. The predicted molar refractivity (Wildman–Crippen MR) is 140 cm³/mol. The van der Waals surface area contributed by atoms with Gasteiger partial charge in [-0.25, -0.2) is 4.39 Å². The van der Waals surface area contributed by atoms with E-state index in [2.05, 4.69) is 4.90 Å². The number of carbonyl (C=O) groups is 3. The molecule has 1 amide bonds. The van der Waals surface area contributed by atoms with Crippen LogP contribution in [0.4, 0.5) is 4.39 Å². The van der Waals surface area contributed by atoms with Gasteiger partial charge in [0.1, 0.15) is 28.7 Å². The minimum Gasteiger partial charge on any atom is -0.510 e. The Bertz CT molecular complexity index is 1450. The van der Waals surface area contributed by atoms with Crippen LogP contribution >= 0.6 is 0 Å². The highest BCUT2D eigenvalue weighted by Gasteiger charge is 2.64. The summed E-state index contributed by atoms with van der Waals surface area (Å²) in [4.78, 5) is 43.5. The van der Waals surface area contributed by atoms with E-state index in [-0.39, 0.29) is 47.3 Å². The molecule has 1 heterocycles. The molecule has 1 aromatic rings. The standard InChI is InChI=1S/C29H34FN3O7/c1-4-33(5-2)22-15-10-12-9-13-18(23(34)14-8-11-6-7-32(3)21(11)17(14)20(13)30)24(35)16(12)26(37)29(15,40)27(38)19(25(22)36)28(31)39/h11-12,15,21-22,34,36-37,40H,4-10H2,1-3H3,(H2,31,39)/t11?,12-,15-,21?,22-,29-/m0/s1. The third-order valence-corrected chi connectivity index (χ3v) is 10.2. The van der Waals surface area contributed by atoms with Crippen molar-refractivity contribution in [2.75, 3.05) is 26.7 Å². The number of aliphatic hydroxyl groups is 3. The van der Waals surface area contributed by atoms with E-state index in [0.717, 1.165) is 13.0 Å². The second-order valence-corrected chi connectivity index (χ2v) is 11.8. The van der Waals surface area contributed by atoms with E-state index in [9.17, 15) is 34.8 Å². The number of likely N-dealkylation sites (N-methyl/N-ethyl adjacent to an activating group) is 1. The van der Waals surface area contributed by atoms with Crippen LogP contribution in [0.1, 0.15) is 59.8 Å². The van der Waals surface area contributed by atoms with Gasteiger partial charge < -0.3 is 26.2 Å². The summed E-state index contributed by atoms with van der Waals surface area (Å²) < 4.78 is 16.3. The Balaban J connectivity index is 1.54. The molecule has 6 atom stereocenters. The molecule has 0 bridgehead atoms. The monoisotopic (exact) mass is 555 g/mol. The summed E-state index contributed by atoms with van der Waals surface area (Å²) >= 11 is 0. The van der Waals surface area contributed by atoms with Gasteiger partial charge in [0, 0.05) is 34.2 Å². The van der Waals surface area contributed by atoms with Crippen molar-refractivity contribution < 1.29 is 39.2 Å². The zero-order chi connectivity index (χ0) is 29.0. The molecule has 2 unspecified atom stereocenters. The van der Waals surface area contributed by atoms with Gasteiger partial charge in [-0.05, 0) is 64.2 Å². The van der Waals surface area contributed by atoms with Crippen LogP contribution in [-0.4, -0.2) is 86.0 Å². The number of nitrogens with zero attached hydrogens (tertiary/aromatic N) is 2. The molecule has 1 fully saturated rings. The number of phenolic OH excluding ortho intramolecular Hbond substituents is 1. The first-order chi connectivity index (χ1) is 18.9. The second-order valence-electron chi connectivity index (χ2n) is 11.8. The van der Waals surface area contributed by atoms with Crippen molar-refractivity contribution in [3.63, 3.8) is 0 Å². The quantitative estimate of drug-likeness (QED) is 0.347. The molecule has 10 nitrogen and oxygen atoms in total. The zero-order valence-electron chi connectivity index (χ0n) is 22.7. The van der Waals surface area contributed by atoms with Crippen molar-refractivity contribution in [2.24, 2.45) is 23.5 Å². The Kier molecular flexibility index (Phi) is 5.96. The number of likely N-dealkylation sites (tertiary alicyclic amines) is 1. The fourth-order valence-electron chi connectivity index (χ4n) is 8.33. The van der Waals surface area contributed by atoms with Crippen molar-refractivity contribution in [1.82, 2.24) is 9.80 Å². The topological polar surface area (TPSA) is 165 Å². The van der Waals surface area contributed by atoms with E-state index >= 15 is 4.39 Å². The SMILES string of the molecule is CCN(CC)[C@@H]1C(O)=C(C(N)=O)C(=O)[C@@]2(O)C(O)=C3C(=O)c4c(O)c5c(c(F)c4C[C@H]3C[C@@H]12)C1C(CCN1C)C5. The zero-order valence-corrected chi connectivity index (χ0v) is 22.7. The number of primary amides is 1. The highest BCUT2D eigenvalue weighted by Crippen LogP contribution is 2.56. The third-order valence-electron chi connectivity index (χ3n) is 10.2. The highest BCUT2D eigenvalue weighted by atomic mass is 19.1. The third kappa shape index (κ3) is 3.16. The number of carbonyl (C=O) groups excluding carboxylic acids is 3. The van der Waals surface area contributed by atoms with Gasteiger partial charge in [-0.1, -0.05) is 13.8 Å². The summed E-state index contributed by atoms with van der Waals surface area (Å²) in [5, 5.41) is 45.8. The lowest BCUT2D eigenvalue weighted by molar-refractivity contribution is -0.149. The molecule has 1 aromatic carbocycles. The number of ketones is 2. The highest BCUT2D eigenvalue weighted by molar-refractivity contribution is 6.24. The normalized spacial score (nSPS) is 33.2. The van der Waals surface area contributed by atoms with E-state index in [1.807, 2.05) is 7.05 Å². The number of rotatable bonds is 4. The van der Waals surface area contributed by atoms with Crippen LogP contribution in [-0.2, 0) is 22.4 Å². The number of aliphatic hydroxyl groups excluding tert-OH is 2. The van der Waals surface area contributed by atoms with Crippen molar-refractivity contribution in [3.05, 3.63) is 50.7 Å². The molecule has 11 heteroatoms. The van der Waals surface area contributed by atoms with Crippen LogP contribution in [0.3, 0.4) is 0 Å². The number of nitrogens with two attached hydrogens (primary N) is 1. The predicted octanol–water partition coefficient (Wildman–Crippen LogP) is 1.59. The van der Waals surface area contributed by atoms with Gasteiger partial charge in [-0.15, -0.1) is 0 Å². The average molecular weight is 556 g/mol. The number of allylic oxidation sites excluding steroid dienone is 1. The van der Waals surface area contributed by atoms with Crippen molar-refractivity contribution in [3.8, 4) is 5.75 Å². The maximum Gasteiger partial charge on any atom is 0.255 e. The molecular formula is C29H34FN3O7. The van der Waals surface area contributed by atoms with Gasteiger partial charge in [-0.3, -0.25) is 24.2 Å². The van der Waals surface area contributed by atoms with Gasteiger partial charge >= 0.3 is 0 Å². The lowest BCUT2D eigenvalue weighted by Gasteiger charge is -2.51. The lowest BCUT2D eigenvalue weighted by atomic mass is 9.58. The molecule has 6 N–H and O–H groups in total. The molecule has 6 rings (SSSR count). The van der Waals surface area contributed by atoms with Crippen molar-refractivity contribution in [1.29, 1.82) is 0 Å². The Hall–Kier alpha value is -3.28. The summed E-state index contributed by atoms with van der Waals surface area (Å²) in [7, 11) is 1.91. The average Bonchev–Trinajstić information content (AvgIpc) is 3.46. The summed E-state index contributed by atoms with van der Waals surface area (Å²) in [5.41, 5.74) is 2.21. The van der Waals surface area contributed by atoms with Crippen LogP contribution < -0.4 is 5.73 Å². The first-order valence-corrected chi connectivity index (χ1v) is 13.9. The number of phenols is 1. The first kappa shape index (κ1) is 26.9. The van der Waals surface area contributed by atoms with Crippen LogP contribution in [0.15, 0.2) is 22.7 Å². The van der Waals surface area contributed by atoms with E-state index in [4.69, 9.17) is 5.73 Å². The summed E-state index contributed by atoms with van der Waals surface area (Å²) in [6, 6.07) is -1.26. The molecule has 5 aliphatic rings. The number of aromatic hydroxyl groups is 1. The fraction of sp³-hybridized carbons (Fsp3) is 0.552. The number of halogens is 1. The van der Waals surface area contributed by atoms with Gasteiger partial charge in [0.05, 0.1) is 11.6 Å². The lowest BCUT2D eigenvalue weighted by Crippen LogP contribution is -2.64. The van der Waals surface area contributed by atoms with Gasteiger partial charge in [0.2, 0.25) is 5.78 Å². The van der Waals surface area contributed by atoms with Crippen LogP contribution in [0.2, 0.25) is 0 Å². The number of Topliss-reactive ketones (excluding diaryl/α,β-unsaturated/α-hetero) is 2. The molecule has 40 heavy (non-hydrogen) atoms. The van der Waals surface area contributed by atoms with Gasteiger partial charge in [0.15, 0.2) is 11.4 Å². The van der Waals surface area contributed by atoms with Gasteiger partial charge in [-0.2, -0.15) is 0 Å². The van der Waals surface area contributed by atoms with Crippen LogP contribution in [0.25, 0.3) is 0 Å². The minimum atomic E-state index is -2.71. The molecule has 0 radical (unpaired) electrons. The summed E-state index contributed by atoms with van der Waals surface area (Å²) in [6.45, 7) is 5.14. The van der Waals surface area contributed by atoms with E-state index in [0.29, 0.717) is 30.6 Å². The first-order valence-electron chi connectivity index (χ1n) is 13.9. The molecule has 0 saturated carbocycles. The number of hydrogen-bond donors (Lipinski definition) is 5. The van der Waals surface area contributed by atoms with E-state index < -0.39 is 63.9 Å². The maximum atomic E-state index is 16.3. The Morgan fingerprint density at radius 2 is 1.82 bits per heavy atom. The molecular weight excluding hydrogens is 521 g/mol. The fourth-order valence-corrected chi connectivity index (χ4v) is 8.33. The smallest absolute Gasteiger partial charge is 0.255 e. The molecule has 4 aliphatic carbocycles. The largest absolute Gasteiger partial charge is 0.510 e. The number of hydrogen-bond acceptors (Lipinski definition) is 9. The Labute approximate surface area is 230 Å².